The van der Waals surface area contributed by atoms with E-state index in [1.807, 2.05) is 30.3 Å². The van der Waals surface area contributed by atoms with Gasteiger partial charge in [-0.05, 0) is 29.8 Å². The molecule has 0 aliphatic carbocycles. The first kappa shape index (κ1) is 15.3. The molecule has 21 heavy (non-hydrogen) atoms. The van der Waals surface area contributed by atoms with E-state index in [9.17, 15) is 13.2 Å². The van der Waals surface area contributed by atoms with E-state index in [-0.39, 0.29) is 23.0 Å². The number of sulfone groups is 1. The van der Waals surface area contributed by atoms with E-state index in [1.165, 1.54) is 12.1 Å². The van der Waals surface area contributed by atoms with Crippen LogP contribution in [0.3, 0.4) is 0 Å². The van der Waals surface area contributed by atoms with Gasteiger partial charge in [0.25, 0.3) is 0 Å². The van der Waals surface area contributed by atoms with Crippen LogP contribution in [0.15, 0.2) is 59.5 Å². The van der Waals surface area contributed by atoms with E-state index in [2.05, 4.69) is 5.32 Å². The Bertz CT molecular complexity index is 707. The lowest BCUT2D eigenvalue weighted by molar-refractivity contribution is -0.115. The first-order valence-electron chi connectivity index (χ1n) is 6.68. The van der Waals surface area contributed by atoms with Gasteiger partial charge in [-0.3, -0.25) is 4.79 Å². The number of nitrogens with one attached hydrogen (secondary N) is 1. The molecular formula is C16H17NO3S. The largest absolute Gasteiger partial charge is 0.326 e. The normalized spacial score (nSPS) is 11.1. The zero-order chi connectivity index (χ0) is 15.3. The number of hydrogen-bond acceptors (Lipinski definition) is 3. The van der Waals surface area contributed by atoms with Gasteiger partial charge in [0.2, 0.25) is 5.91 Å². The second-order valence-corrected chi connectivity index (χ2v) is 6.92. The van der Waals surface area contributed by atoms with Crippen LogP contribution in [-0.4, -0.2) is 20.1 Å². The van der Waals surface area contributed by atoms with Crippen molar-refractivity contribution in [3.05, 3.63) is 60.2 Å². The molecule has 0 saturated heterocycles. The van der Waals surface area contributed by atoms with Crippen molar-refractivity contribution < 1.29 is 13.2 Å². The smallest absolute Gasteiger partial charge is 0.228 e. The number of rotatable bonds is 5. The summed E-state index contributed by atoms with van der Waals surface area (Å²) in [5, 5.41) is 2.75. The fourth-order valence-electron chi connectivity index (χ4n) is 1.90. The third kappa shape index (κ3) is 4.16. The highest BCUT2D eigenvalue weighted by Gasteiger charge is 2.11. The molecule has 0 bridgehead atoms. The summed E-state index contributed by atoms with van der Waals surface area (Å²) in [6, 6.07) is 15.7. The molecule has 0 aliphatic rings. The minimum absolute atomic E-state index is 0.0622. The van der Waals surface area contributed by atoms with Gasteiger partial charge in [-0.15, -0.1) is 0 Å². The maximum Gasteiger partial charge on any atom is 0.228 e. The predicted octanol–water partition coefficient (Wildman–Crippen LogP) is 2.66. The summed E-state index contributed by atoms with van der Waals surface area (Å²) in [7, 11) is -3.20. The Morgan fingerprint density at radius 2 is 1.62 bits per heavy atom. The Kier molecular flexibility index (Phi) is 4.75. The molecule has 0 atom stereocenters. The molecule has 0 aliphatic heterocycles. The number of carbonyl (C=O) groups excluding carboxylic acids is 1. The molecule has 0 spiro atoms. The Morgan fingerprint density at radius 1 is 1.00 bits per heavy atom. The molecule has 5 heteroatoms. The predicted molar refractivity (Wildman–Crippen MR) is 82.9 cm³/mol. The molecule has 0 fully saturated rings. The molecule has 4 nitrogen and oxygen atoms in total. The average molecular weight is 303 g/mol. The van der Waals surface area contributed by atoms with Crippen molar-refractivity contribution in [2.45, 2.75) is 18.2 Å². The molecule has 1 N–H and O–H groups in total. The van der Waals surface area contributed by atoms with E-state index in [1.54, 1.807) is 19.1 Å². The van der Waals surface area contributed by atoms with Gasteiger partial charge in [0, 0.05) is 5.69 Å². The molecule has 1 amide bonds. The van der Waals surface area contributed by atoms with Crippen LogP contribution in [0.25, 0.3) is 0 Å². The number of carbonyl (C=O) groups is 1. The molecule has 0 heterocycles. The van der Waals surface area contributed by atoms with E-state index >= 15 is 0 Å². The first-order chi connectivity index (χ1) is 10.0. The molecule has 0 saturated carbocycles. The Hall–Kier alpha value is -2.14. The molecule has 110 valence electrons. The monoisotopic (exact) mass is 303 g/mol. The highest BCUT2D eigenvalue weighted by molar-refractivity contribution is 7.91. The highest BCUT2D eigenvalue weighted by atomic mass is 32.2. The van der Waals surface area contributed by atoms with Crippen LogP contribution in [0.4, 0.5) is 5.69 Å². The van der Waals surface area contributed by atoms with Crippen LogP contribution in [0.1, 0.15) is 12.5 Å². The minimum atomic E-state index is -3.20. The van der Waals surface area contributed by atoms with Crippen LogP contribution in [0, 0.1) is 0 Å². The molecule has 0 radical (unpaired) electrons. The summed E-state index contributed by atoms with van der Waals surface area (Å²) < 4.78 is 23.4. The minimum Gasteiger partial charge on any atom is -0.326 e. The SMILES string of the molecule is CCS(=O)(=O)c1ccc(NC(=O)Cc2ccccc2)cc1. The van der Waals surface area contributed by atoms with Crippen LogP contribution in [-0.2, 0) is 21.1 Å². The Labute approximate surface area is 124 Å². The maximum atomic E-state index is 11.9. The average Bonchev–Trinajstić information content (AvgIpc) is 2.48. The number of benzene rings is 2. The summed E-state index contributed by atoms with van der Waals surface area (Å²) in [5.41, 5.74) is 1.52. The molecule has 2 rings (SSSR count). The van der Waals surface area contributed by atoms with Gasteiger partial charge in [0.05, 0.1) is 17.1 Å². The van der Waals surface area contributed by atoms with Crippen molar-refractivity contribution >= 4 is 21.4 Å². The van der Waals surface area contributed by atoms with Crippen LogP contribution in [0.5, 0.6) is 0 Å². The summed E-state index contributed by atoms with van der Waals surface area (Å²) in [5.74, 6) is -0.0699. The van der Waals surface area contributed by atoms with E-state index in [0.717, 1.165) is 5.56 Å². The Balaban J connectivity index is 2.02. The second-order valence-electron chi connectivity index (χ2n) is 4.64. The van der Waals surface area contributed by atoms with Crippen molar-refractivity contribution in [2.75, 3.05) is 11.1 Å². The van der Waals surface area contributed by atoms with E-state index in [4.69, 9.17) is 0 Å². The van der Waals surface area contributed by atoms with Gasteiger partial charge in [-0.2, -0.15) is 0 Å². The van der Waals surface area contributed by atoms with Crippen molar-refractivity contribution in [1.82, 2.24) is 0 Å². The van der Waals surface area contributed by atoms with Crippen LogP contribution >= 0.6 is 0 Å². The summed E-state index contributed by atoms with van der Waals surface area (Å²) >= 11 is 0. The van der Waals surface area contributed by atoms with Crippen LogP contribution in [0.2, 0.25) is 0 Å². The van der Waals surface area contributed by atoms with Crippen molar-refractivity contribution in [3.8, 4) is 0 Å². The molecule has 2 aromatic rings. The van der Waals surface area contributed by atoms with Crippen molar-refractivity contribution in [3.63, 3.8) is 0 Å². The molecule has 0 unspecified atom stereocenters. The fraction of sp³-hybridized carbons (Fsp3) is 0.188. The lowest BCUT2D eigenvalue weighted by Crippen LogP contribution is -2.14. The van der Waals surface area contributed by atoms with Crippen molar-refractivity contribution in [1.29, 1.82) is 0 Å². The van der Waals surface area contributed by atoms with E-state index < -0.39 is 9.84 Å². The number of amides is 1. The van der Waals surface area contributed by atoms with Gasteiger partial charge in [0.15, 0.2) is 9.84 Å². The van der Waals surface area contributed by atoms with Crippen LogP contribution < -0.4 is 5.32 Å². The molecular weight excluding hydrogens is 286 g/mol. The third-order valence-electron chi connectivity index (χ3n) is 3.08. The number of anilines is 1. The first-order valence-corrected chi connectivity index (χ1v) is 8.33. The Morgan fingerprint density at radius 3 is 2.19 bits per heavy atom. The zero-order valence-electron chi connectivity index (χ0n) is 11.7. The lowest BCUT2D eigenvalue weighted by atomic mass is 10.1. The molecule has 0 aromatic heterocycles. The van der Waals surface area contributed by atoms with Crippen molar-refractivity contribution in [2.24, 2.45) is 0 Å². The fourth-order valence-corrected chi connectivity index (χ4v) is 2.78. The lowest BCUT2D eigenvalue weighted by Gasteiger charge is -2.07. The van der Waals surface area contributed by atoms with Gasteiger partial charge >= 0.3 is 0 Å². The van der Waals surface area contributed by atoms with Gasteiger partial charge < -0.3 is 5.32 Å². The summed E-state index contributed by atoms with van der Waals surface area (Å²) in [6.07, 6.45) is 0.288. The second kappa shape index (κ2) is 6.54. The number of hydrogen-bond donors (Lipinski definition) is 1. The third-order valence-corrected chi connectivity index (χ3v) is 4.84. The summed E-state index contributed by atoms with van der Waals surface area (Å²) in [4.78, 5) is 12.2. The highest BCUT2D eigenvalue weighted by Crippen LogP contribution is 2.15. The zero-order valence-corrected chi connectivity index (χ0v) is 12.6. The topological polar surface area (TPSA) is 63.2 Å². The summed E-state index contributed by atoms with van der Waals surface area (Å²) in [6.45, 7) is 1.60. The van der Waals surface area contributed by atoms with Gasteiger partial charge in [-0.25, -0.2) is 8.42 Å². The quantitative estimate of drug-likeness (QED) is 0.923. The van der Waals surface area contributed by atoms with Gasteiger partial charge in [-0.1, -0.05) is 37.3 Å². The maximum absolute atomic E-state index is 11.9. The molecule has 2 aromatic carbocycles. The standard InChI is InChI=1S/C16H17NO3S/c1-2-21(19,20)15-10-8-14(9-11-15)17-16(18)12-13-6-4-3-5-7-13/h3-11H,2,12H2,1H3,(H,17,18). The van der Waals surface area contributed by atoms with E-state index in [0.29, 0.717) is 5.69 Å². The van der Waals surface area contributed by atoms with Gasteiger partial charge in [0.1, 0.15) is 0 Å².